The molecule has 1 rings (SSSR count). The van der Waals surface area contributed by atoms with E-state index in [0.29, 0.717) is 6.17 Å². The third-order valence-electron chi connectivity index (χ3n) is 3.63. The SMILES string of the molecule is CCN(CC)C(/C=C/c1ccccc1)N(CC)CC. The fraction of sp³-hybridized carbons (Fsp3) is 0.529. The topological polar surface area (TPSA) is 6.48 Å². The van der Waals surface area contributed by atoms with E-state index in [2.05, 4.69) is 80.0 Å². The lowest BCUT2D eigenvalue weighted by atomic mass is 10.2. The highest BCUT2D eigenvalue weighted by Crippen LogP contribution is 2.10. The van der Waals surface area contributed by atoms with Crippen LogP contribution in [0.2, 0.25) is 0 Å². The molecular weight excluding hydrogens is 232 g/mol. The molecule has 0 radical (unpaired) electrons. The lowest BCUT2D eigenvalue weighted by Crippen LogP contribution is -2.47. The van der Waals surface area contributed by atoms with Crippen LogP contribution in [0.4, 0.5) is 0 Å². The predicted molar refractivity (Wildman–Crippen MR) is 85.1 cm³/mol. The Labute approximate surface area is 118 Å². The van der Waals surface area contributed by atoms with E-state index >= 15 is 0 Å². The monoisotopic (exact) mass is 260 g/mol. The Bertz CT molecular complexity index is 339. The maximum Gasteiger partial charge on any atom is 0.0817 e. The van der Waals surface area contributed by atoms with Crippen LogP contribution in [-0.2, 0) is 0 Å². The summed E-state index contributed by atoms with van der Waals surface area (Å²) in [6.07, 6.45) is 4.96. The van der Waals surface area contributed by atoms with Gasteiger partial charge >= 0.3 is 0 Å². The molecule has 0 aliphatic rings. The van der Waals surface area contributed by atoms with Gasteiger partial charge in [-0.05, 0) is 31.7 Å². The Morgan fingerprint density at radius 1 is 0.842 bits per heavy atom. The van der Waals surface area contributed by atoms with E-state index in [-0.39, 0.29) is 0 Å². The molecule has 0 spiro atoms. The van der Waals surface area contributed by atoms with Crippen LogP contribution >= 0.6 is 0 Å². The lowest BCUT2D eigenvalue weighted by molar-refractivity contribution is 0.0933. The molecule has 19 heavy (non-hydrogen) atoms. The first kappa shape index (κ1) is 15.9. The molecule has 0 N–H and O–H groups in total. The zero-order valence-corrected chi connectivity index (χ0v) is 12.8. The normalized spacial score (nSPS) is 12.2. The molecule has 0 unspecified atom stereocenters. The molecule has 106 valence electrons. The number of nitrogens with zero attached hydrogens (tertiary/aromatic N) is 2. The molecule has 0 aliphatic carbocycles. The number of hydrogen-bond donors (Lipinski definition) is 0. The Morgan fingerprint density at radius 3 is 1.74 bits per heavy atom. The molecule has 0 atom stereocenters. The van der Waals surface area contributed by atoms with Crippen molar-refractivity contribution in [3.05, 3.63) is 42.0 Å². The van der Waals surface area contributed by atoms with Crippen molar-refractivity contribution in [1.29, 1.82) is 0 Å². The first-order valence-electron chi connectivity index (χ1n) is 7.48. The number of rotatable bonds is 8. The van der Waals surface area contributed by atoms with Crippen molar-refractivity contribution in [2.45, 2.75) is 33.9 Å². The Kier molecular flexibility index (Phi) is 7.46. The van der Waals surface area contributed by atoms with Crippen LogP contribution in [0.15, 0.2) is 36.4 Å². The van der Waals surface area contributed by atoms with Crippen molar-refractivity contribution in [1.82, 2.24) is 9.80 Å². The zero-order valence-electron chi connectivity index (χ0n) is 12.8. The van der Waals surface area contributed by atoms with Gasteiger partial charge in [0.1, 0.15) is 0 Å². The first-order valence-corrected chi connectivity index (χ1v) is 7.48. The van der Waals surface area contributed by atoms with Crippen molar-refractivity contribution in [2.75, 3.05) is 26.2 Å². The van der Waals surface area contributed by atoms with Gasteiger partial charge in [-0.1, -0.05) is 70.2 Å². The second-order valence-electron chi connectivity index (χ2n) is 4.63. The molecule has 0 saturated carbocycles. The smallest absolute Gasteiger partial charge is 0.0817 e. The minimum Gasteiger partial charge on any atom is -0.285 e. The Balaban J connectivity index is 2.87. The summed E-state index contributed by atoms with van der Waals surface area (Å²) in [6.45, 7) is 13.3. The van der Waals surface area contributed by atoms with E-state index in [0.717, 1.165) is 26.2 Å². The summed E-state index contributed by atoms with van der Waals surface area (Å²) in [4.78, 5) is 4.99. The minimum absolute atomic E-state index is 0.394. The summed E-state index contributed by atoms with van der Waals surface area (Å²) in [5, 5.41) is 0. The summed E-state index contributed by atoms with van der Waals surface area (Å²) in [6, 6.07) is 10.5. The maximum atomic E-state index is 2.49. The van der Waals surface area contributed by atoms with Gasteiger partial charge in [-0.25, -0.2) is 0 Å². The van der Waals surface area contributed by atoms with Gasteiger partial charge in [0.15, 0.2) is 0 Å². The molecule has 0 bridgehead atoms. The summed E-state index contributed by atoms with van der Waals surface area (Å²) < 4.78 is 0. The molecule has 2 nitrogen and oxygen atoms in total. The van der Waals surface area contributed by atoms with Crippen LogP contribution < -0.4 is 0 Å². The third kappa shape index (κ3) is 4.81. The van der Waals surface area contributed by atoms with Gasteiger partial charge in [-0.3, -0.25) is 9.80 Å². The Morgan fingerprint density at radius 2 is 1.32 bits per heavy atom. The van der Waals surface area contributed by atoms with Gasteiger partial charge in [-0.15, -0.1) is 0 Å². The van der Waals surface area contributed by atoms with Crippen LogP contribution in [0.3, 0.4) is 0 Å². The van der Waals surface area contributed by atoms with Gasteiger partial charge in [0.25, 0.3) is 0 Å². The predicted octanol–water partition coefficient (Wildman–Crippen LogP) is 3.71. The van der Waals surface area contributed by atoms with Crippen LogP contribution in [0, 0.1) is 0 Å². The number of benzene rings is 1. The van der Waals surface area contributed by atoms with Crippen molar-refractivity contribution in [2.24, 2.45) is 0 Å². The van der Waals surface area contributed by atoms with Gasteiger partial charge in [0.05, 0.1) is 6.17 Å². The van der Waals surface area contributed by atoms with E-state index in [1.54, 1.807) is 0 Å². The molecule has 0 amide bonds. The summed E-state index contributed by atoms with van der Waals surface area (Å²) in [5.41, 5.74) is 1.27. The van der Waals surface area contributed by atoms with E-state index in [1.807, 2.05) is 0 Å². The molecule has 1 aromatic carbocycles. The lowest BCUT2D eigenvalue weighted by Gasteiger charge is -2.36. The largest absolute Gasteiger partial charge is 0.285 e. The van der Waals surface area contributed by atoms with Crippen LogP contribution in [0.25, 0.3) is 6.08 Å². The van der Waals surface area contributed by atoms with Crippen LogP contribution in [0.5, 0.6) is 0 Å². The number of likely N-dealkylation sites (N-methyl/N-ethyl adjacent to an activating group) is 2. The van der Waals surface area contributed by atoms with Crippen molar-refractivity contribution < 1.29 is 0 Å². The van der Waals surface area contributed by atoms with Gasteiger partial charge < -0.3 is 0 Å². The molecule has 0 saturated heterocycles. The fourth-order valence-corrected chi connectivity index (χ4v) is 2.43. The molecule has 0 aromatic heterocycles. The highest BCUT2D eigenvalue weighted by molar-refractivity contribution is 5.49. The average Bonchev–Trinajstić information content (AvgIpc) is 2.47. The van der Waals surface area contributed by atoms with E-state index in [9.17, 15) is 0 Å². The summed E-state index contributed by atoms with van der Waals surface area (Å²) in [5.74, 6) is 0. The first-order chi connectivity index (χ1) is 9.26. The quantitative estimate of drug-likeness (QED) is 0.657. The zero-order chi connectivity index (χ0) is 14.1. The molecule has 1 aromatic rings. The average molecular weight is 260 g/mol. The van der Waals surface area contributed by atoms with Gasteiger partial charge in [-0.2, -0.15) is 0 Å². The second kappa shape index (κ2) is 8.89. The van der Waals surface area contributed by atoms with Crippen molar-refractivity contribution >= 4 is 6.08 Å². The second-order valence-corrected chi connectivity index (χ2v) is 4.63. The highest BCUT2D eigenvalue weighted by Gasteiger charge is 2.17. The maximum absolute atomic E-state index is 2.49. The third-order valence-corrected chi connectivity index (χ3v) is 3.63. The minimum atomic E-state index is 0.394. The van der Waals surface area contributed by atoms with E-state index in [1.165, 1.54) is 5.56 Å². The number of hydrogen-bond acceptors (Lipinski definition) is 2. The molecule has 0 aliphatic heterocycles. The van der Waals surface area contributed by atoms with Crippen molar-refractivity contribution in [3.8, 4) is 0 Å². The van der Waals surface area contributed by atoms with Crippen LogP contribution in [-0.4, -0.2) is 42.1 Å². The molecule has 2 heteroatoms. The van der Waals surface area contributed by atoms with Gasteiger partial charge in [0.2, 0.25) is 0 Å². The highest BCUT2D eigenvalue weighted by atomic mass is 15.3. The molecule has 0 fully saturated rings. The van der Waals surface area contributed by atoms with Crippen LogP contribution in [0.1, 0.15) is 33.3 Å². The molecular formula is C17H28N2. The van der Waals surface area contributed by atoms with Crippen molar-refractivity contribution in [3.63, 3.8) is 0 Å². The standard InChI is InChI=1S/C17H28N2/c1-5-18(6-2)17(19(7-3)8-4)15-14-16-12-10-9-11-13-16/h9-15,17H,5-8H2,1-4H3/b15-14+. The molecule has 0 heterocycles. The van der Waals surface area contributed by atoms with E-state index < -0.39 is 0 Å². The van der Waals surface area contributed by atoms with E-state index in [4.69, 9.17) is 0 Å². The van der Waals surface area contributed by atoms with Gasteiger partial charge in [0, 0.05) is 0 Å². The summed E-state index contributed by atoms with van der Waals surface area (Å²) in [7, 11) is 0. The fourth-order valence-electron chi connectivity index (χ4n) is 2.43. The Hall–Kier alpha value is -1.12. The summed E-state index contributed by atoms with van der Waals surface area (Å²) >= 11 is 0.